The third-order valence-corrected chi connectivity index (χ3v) is 8.64. The average Bonchev–Trinajstić information content (AvgIpc) is 3.22. The number of carboxylic acid groups (broad SMARTS) is 1. The molecule has 0 spiro atoms. The number of unbranched alkanes of at least 4 members (excludes halogenated alkanes) is 4. The fraction of sp³-hybridized carbons (Fsp3) is 0.500. The highest BCUT2D eigenvalue weighted by molar-refractivity contribution is 7.22. The summed E-state index contributed by atoms with van der Waals surface area (Å²) in [7, 11) is 0. The van der Waals surface area contributed by atoms with Gasteiger partial charge in [0.25, 0.3) is 0 Å². The Morgan fingerprint density at radius 3 is 2.29 bits per heavy atom. The van der Waals surface area contributed by atoms with E-state index >= 15 is 0 Å². The van der Waals surface area contributed by atoms with Gasteiger partial charge in [0.15, 0.2) is 0 Å². The molecule has 4 rings (SSSR count). The van der Waals surface area contributed by atoms with Gasteiger partial charge in [-0.05, 0) is 83.0 Å². The lowest BCUT2D eigenvalue weighted by Gasteiger charge is -2.42. The molecule has 34 heavy (non-hydrogen) atoms. The molecule has 0 radical (unpaired) electrons. The average molecular weight is 479 g/mol. The zero-order chi connectivity index (χ0) is 24.5. The van der Waals surface area contributed by atoms with Gasteiger partial charge in [0.05, 0.1) is 12.2 Å². The largest absolute Gasteiger partial charge is 0.493 e. The van der Waals surface area contributed by atoms with Crippen LogP contribution in [0.2, 0.25) is 0 Å². The monoisotopic (exact) mass is 478 g/mol. The van der Waals surface area contributed by atoms with E-state index in [0.717, 1.165) is 39.3 Å². The quantitative estimate of drug-likeness (QED) is 0.312. The maximum Gasteiger partial charge on any atom is 0.335 e. The van der Waals surface area contributed by atoms with Crippen molar-refractivity contribution in [1.29, 1.82) is 0 Å². The molecule has 0 saturated carbocycles. The van der Waals surface area contributed by atoms with Crippen LogP contribution >= 0.6 is 11.3 Å². The van der Waals surface area contributed by atoms with Gasteiger partial charge in [-0.15, -0.1) is 11.3 Å². The fourth-order valence-electron chi connectivity index (χ4n) is 5.10. The van der Waals surface area contributed by atoms with Crippen molar-refractivity contribution in [3.63, 3.8) is 0 Å². The Kier molecular flexibility index (Phi) is 7.09. The number of rotatable bonds is 9. The van der Waals surface area contributed by atoms with Gasteiger partial charge in [-0.2, -0.15) is 0 Å². The van der Waals surface area contributed by atoms with E-state index in [9.17, 15) is 9.90 Å². The molecule has 1 aliphatic rings. The lowest BCUT2D eigenvalue weighted by atomic mass is 9.63. The van der Waals surface area contributed by atoms with Crippen LogP contribution in [0.15, 0.2) is 36.4 Å². The number of benzene rings is 2. The van der Waals surface area contributed by atoms with E-state index in [2.05, 4.69) is 52.8 Å². The van der Waals surface area contributed by atoms with Gasteiger partial charge in [0.1, 0.15) is 5.75 Å². The van der Waals surface area contributed by atoms with Crippen molar-refractivity contribution in [2.45, 2.75) is 90.4 Å². The Labute approximate surface area is 208 Å². The van der Waals surface area contributed by atoms with Crippen molar-refractivity contribution < 1.29 is 14.6 Å². The summed E-state index contributed by atoms with van der Waals surface area (Å²) < 4.78 is 7.57. The van der Waals surface area contributed by atoms with Crippen molar-refractivity contribution in [3.8, 4) is 16.2 Å². The second-order valence-electron chi connectivity index (χ2n) is 11.1. The minimum Gasteiger partial charge on any atom is -0.493 e. The Morgan fingerprint density at radius 2 is 1.62 bits per heavy atom. The summed E-state index contributed by atoms with van der Waals surface area (Å²) in [6, 6.07) is 12.2. The van der Waals surface area contributed by atoms with Gasteiger partial charge < -0.3 is 9.84 Å². The van der Waals surface area contributed by atoms with E-state index in [0.29, 0.717) is 5.56 Å². The molecule has 1 N–H and O–H groups in total. The molecule has 3 aromatic rings. The van der Waals surface area contributed by atoms with E-state index in [4.69, 9.17) is 4.74 Å². The Hall–Kier alpha value is -2.33. The molecule has 0 saturated heterocycles. The Morgan fingerprint density at radius 1 is 0.941 bits per heavy atom. The van der Waals surface area contributed by atoms with Crippen molar-refractivity contribution >= 4 is 27.4 Å². The van der Waals surface area contributed by atoms with E-state index in [-0.39, 0.29) is 10.8 Å². The topological polar surface area (TPSA) is 46.5 Å². The minimum absolute atomic E-state index is 0.117. The van der Waals surface area contributed by atoms with Gasteiger partial charge >= 0.3 is 5.97 Å². The van der Waals surface area contributed by atoms with Crippen molar-refractivity contribution in [3.05, 3.63) is 53.1 Å². The Balaban J connectivity index is 1.76. The van der Waals surface area contributed by atoms with Crippen LogP contribution in [0.25, 0.3) is 20.5 Å². The molecule has 0 amide bonds. The molecule has 0 unspecified atom stereocenters. The first-order valence-corrected chi connectivity index (χ1v) is 13.5. The van der Waals surface area contributed by atoms with Crippen LogP contribution in [0, 0.1) is 0 Å². The van der Waals surface area contributed by atoms with Crippen LogP contribution in [-0.2, 0) is 10.8 Å². The van der Waals surface area contributed by atoms with Crippen LogP contribution in [0.3, 0.4) is 0 Å². The first kappa shape index (κ1) is 24.8. The highest BCUT2D eigenvalue weighted by Crippen LogP contribution is 2.50. The molecule has 0 atom stereocenters. The first-order chi connectivity index (χ1) is 16.1. The van der Waals surface area contributed by atoms with Crippen LogP contribution < -0.4 is 4.74 Å². The minimum atomic E-state index is -0.889. The zero-order valence-electron chi connectivity index (χ0n) is 21.3. The summed E-state index contributed by atoms with van der Waals surface area (Å²) in [4.78, 5) is 12.6. The van der Waals surface area contributed by atoms with Crippen LogP contribution in [-0.4, -0.2) is 17.7 Å². The summed E-state index contributed by atoms with van der Waals surface area (Å²) in [5.74, 6) is 0.0736. The molecule has 1 aliphatic carbocycles. The van der Waals surface area contributed by atoms with Crippen molar-refractivity contribution in [2.75, 3.05) is 6.61 Å². The second-order valence-corrected chi connectivity index (χ2v) is 12.2. The molecule has 2 aromatic carbocycles. The van der Waals surface area contributed by atoms with Gasteiger partial charge in [0.2, 0.25) is 0 Å². The second kappa shape index (κ2) is 9.73. The maximum absolute atomic E-state index is 11.5. The number of carboxylic acids is 1. The predicted molar refractivity (Wildman–Crippen MR) is 144 cm³/mol. The molecule has 1 aromatic heterocycles. The molecule has 182 valence electrons. The summed E-state index contributed by atoms with van der Waals surface area (Å²) >= 11 is 1.71. The molecule has 0 bridgehead atoms. The molecule has 4 heteroatoms. The molecule has 1 heterocycles. The zero-order valence-corrected chi connectivity index (χ0v) is 22.1. The van der Waals surface area contributed by atoms with Crippen LogP contribution in [0.4, 0.5) is 0 Å². The summed E-state index contributed by atoms with van der Waals surface area (Å²) in [5, 5.41) is 10.4. The molecule has 0 fully saturated rings. The maximum atomic E-state index is 11.5. The first-order valence-electron chi connectivity index (χ1n) is 12.7. The number of thiophene rings is 1. The summed E-state index contributed by atoms with van der Waals surface area (Å²) in [5.41, 5.74) is 4.52. The number of aromatic carboxylic acids is 1. The highest BCUT2D eigenvalue weighted by atomic mass is 32.1. The third kappa shape index (κ3) is 5.02. The lowest BCUT2D eigenvalue weighted by Crippen LogP contribution is -2.33. The van der Waals surface area contributed by atoms with Gasteiger partial charge in [-0.1, -0.05) is 60.3 Å². The normalized spacial score (nSPS) is 16.4. The SMILES string of the molecule is CCCCCCCOc1cc2c(cc1-c1cc3cc(C(=O)O)ccc3s1)C(C)(C)CCC2(C)C. The summed E-state index contributed by atoms with van der Waals surface area (Å²) in [6.07, 6.45) is 8.40. The van der Waals surface area contributed by atoms with E-state index in [1.54, 1.807) is 23.5 Å². The highest BCUT2D eigenvalue weighted by Gasteiger charge is 2.38. The van der Waals surface area contributed by atoms with Gasteiger partial charge in [0, 0.05) is 15.1 Å². The smallest absolute Gasteiger partial charge is 0.335 e. The van der Waals surface area contributed by atoms with Crippen molar-refractivity contribution in [1.82, 2.24) is 0 Å². The Bertz CT molecular complexity index is 1190. The number of carbonyl (C=O) groups is 1. The van der Waals surface area contributed by atoms with E-state index in [1.807, 2.05) is 6.07 Å². The number of ether oxygens (including phenoxy) is 1. The van der Waals surface area contributed by atoms with Crippen molar-refractivity contribution in [2.24, 2.45) is 0 Å². The summed E-state index contributed by atoms with van der Waals surface area (Å²) in [6.45, 7) is 12.4. The number of hydrogen-bond donors (Lipinski definition) is 1. The predicted octanol–water partition coefficient (Wildman–Crippen LogP) is 8.96. The van der Waals surface area contributed by atoms with Gasteiger partial charge in [-0.25, -0.2) is 4.79 Å². The fourth-order valence-corrected chi connectivity index (χ4v) is 6.17. The molecule has 3 nitrogen and oxygen atoms in total. The molecular weight excluding hydrogens is 440 g/mol. The standard InChI is InChI=1S/C30H38O3S/c1-6-7-8-9-10-15-33-25-19-24-23(29(2,3)13-14-30(24,4)5)18-22(25)27-17-21-16-20(28(31)32)11-12-26(21)34-27/h11-12,16-19H,6-10,13-15H2,1-5H3,(H,31,32). The third-order valence-electron chi connectivity index (χ3n) is 7.49. The van der Waals surface area contributed by atoms with Crippen LogP contribution in [0.1, 0.15) is 101 Å². The molecular formula is C30H38O3S. The number of hydrogen-bond acceptors (Lipinski definition) is 3. The van der Waals surface area contributed by atoms with E-state index < -0.39 is 5.97 Å². The van der Waals surface area contributed by atoms with Gasteiger partial charge in [-0.3, -0.25) is 0 Å². The number of fused-ring (bicyclic) bond motifs is 2. The van der Waals surface area contributed by atoms with Crippen LogP contribution in [0.5, 0.6) is 5.75 Å². The molecule has 0 aliphatic heterocycles. The van der Waals surface area contributed by atoms with E-state index in [1.165, 1.54) is 49.7 Å². The lowest BCUT2D eigenvalue weighted by molar-refractivity contribution is 0.0697.